The van der Waals surface area contributed by atoms with Crippen LogP contribution in [0.4, 0.5) is 0 Å². The highest BCUT2D eigenvalue weighted by Gasteiger charge is 2.16. The van der Waals surface area contributed by atoms with E-state index >= 15 is 0 Å². The van der Waals surface area contributed by atoms with Gasteiger partial charge in [0.15, 0.2) is 0 Å². The summed E-state index contributed by atoms with van der Waals surface area (Å²) in [6, 6.07) is 0. The molecule has 0 aromatic rings. The lowest BCUT2D eigenvalue weighted by molar-refractivity contribution is 0.185. The third-order valence-electron chi connectivity index (χ3n) is 3.12. The second kappa shape index (κ2) is 5.58. The molecular formula is C11H23N. The fourth-order valence-electron chi connectivity index (χ4n) is 2.08. The second-order valence-corrected chi connectivity index (χ2v) is 4.02. The van der Waals surface area contributed by atoms with Gasteiger partial charge in [-0.1, -0.05) is 33.1 Å². The monoisotopic (exact) mass is 169 g/mol. The highest BCUT2D eigenvalue weighted by molar-refractivity contribution is 4.70. The Hall–Kier alpha value is -0.0400. The van der Waals surface area contributed by atoms with E-state index in [1.54, 1.807) is 0 Å². The van der Waals surface area contributed by atoms with E-state index in [0.29, 0.717) is 0 Å². The summed E-state index contributed by atoms with van der Waals surface area (Å²) in [6.07, 6.45) is 7.19. The number of unbranched alkanes of at least 4 members (excludes halogenated alkanes) is 1. The minimum atomic E-state index is 1.05. The van der Waals surface area contributed by atoms with Crippen LogP contribution in [-0.2, 0) is 0 Å². The van der Waals surface area contributed by atoms with Crippen LogP contribution in [0.25, 0.3) is 0 Å². The lowest BCUT2D eigenvalue weighted by Crippen LogP contribution is -2.33. The molecule has 0 bridgehead atoms. The zero-order chi connectivity index (χ0) is 8.81. The van der Waals surface area contributed by atoms with Gasteiger partial charge >= 0.3 is 0 Å². The van der Waals surface area contributed by atoms with Gasteiger partial charge in [0.1, 0.15) is 0 Å². The molecule has 0 amide bonds. The van der Waals surface area contributed by atoms with Crippen molar-refractivity contribution < 1.29 is 0 Å². The van der Waals surface area contributed by atoms with E-state index in [1.807, 2.05) is 0 Å². The lowest BCUT2D eigenvalue weighted by atomic mass is 9.92. The average Bonchev–Trinajstić information content (AvgIpc) is 2.15. The van der Waals surface area contributed by atoms with Gasteiger partial charge in [0.2, 0.25) is 0 Å². The molecule has 12 heavy (non-hydrogen) atoms. The Morgan fingerprint density at radius 1 is 1.17 bits per heavy atom. The quantitative estimate of drug-likeness (QED) is 0.625. The molecular weight excluding hydrogens is 146 g/mol. The molecule has 0 aromatic carbocycles. The van der Waals surface area contributed by atoms with Crippen molar-refractivity contribution >= 4 is 0 Å². The first-order chi connectivity index (χ1) is 5.86. The SMILES string of the molecule is CCCCC1CCN(CC)CC1. The summed E-state index contributed by atoms with van der Waals surface area (Å²) in [5.41, 5.74) is 0. The normalized spacial score (nSPS) is 21.5. The van der Waals surface area contributed by atoms with Crippen LogP contribution >= 0.6 is 0 Å². The number of hydrogen-bond acceptors (Lipinski definition) is 1. The molecule has 0 aromatic heterocycles. The Morgan fingerprint density at radius 3 is 2.33 bits per heavy atom. The van der Waals surface area contributed by atoms with Gasteiger partial charge in [-0.05, 0) is 38.4 Å². The van der Waals surface area contributed by atoms with Crippen LogP contribution < -0.4 is 0 Å². The Bertz CT molecular complexity index is 104. The molecule has 0 aliphatic carbocycles. The molecule has 1 saturated heterocycles. The van der Waals surface area contributed by atoms with E-state index in [-0.39, 0.29) is 0 Å². The van der Waals surface area contributed by atoms with Crippen LogP contribution in [0.15, 0.2) is 0 Å². The maximum absolute atomic E-state index is 2.57. The van der Waals surface area contributed by atoms with E-state index in [4.69, 9.17) is 0 Å². The topological polar surface area (TPSA) is 3.24 Å². The van der Waals surface area contributed by atoms with Gasteiger partial charge in [-0.2, -0.15) is 0 Å². The second-order valence-electron chi connectivity index (χ2n) is 4.02. The Morgan fingerprint density at radius 2 is 1.83 bits per heavy atom. The summed E-state index contributed by atoms with van der Waals surface area (Å²) in [6.45, 7) is 8.52. The summed E-state index contributed by atoms with van der Waals surface area (Å²) >= 11 is 0. The van der Waals surface area contributed by atoms with Crippen LogP contribution in [0.1, 0.15) is 46.0 Å². The molecule has 1 heterocycles. The predicted molar refractivity (Wildman–Crippen MR) is 54.4 cm³/mol. The molecule has 1 heteroatoms. The van der Waals surface area contributed by atoms with Crippen LogP contribution in [0.5, 0.6) is 0 Å². The molecule has 0 radical (unpaired) electrons. The van der Waals surface area contributed by atoms with E-state index in [0.717, 1.165) is 5.92 Å². The highest BCUT2D eigenvalue weighted by Crippen LogP contribution is 2.21. The van der Waals surface area contributed by atoms with Crippen molar-refractivity contribution in [3.05, 3.63) is 0 Å². The van der Waals surface area contributed by atoms with Gasteiger partial charge in [-0.25, -0.2) is 0 Å². The van der Waals surface area contributed by atoms with Gasteiger partial charge in [0.25, 0.3) is 0 Å². The van der Waals surface area contributed by atoms with Gasteiger partial charge < -0.3 is 4.90 Å². The third kappa shape index (κ3) is 3.14. The van der Waals surface area contributed by atoms with Gasteiger partial charge in [0, 0.05) is 0 Å². The Labute approximate surface area is 77.1 Å². The van der Waals surface area contributed by atoms with E-state index in [2.05, 4.69) is 18.7 Å². The number of hydrogen-bond donors (Lipinski definition) is 0. The summed E-state index contributed by atoms with van der Waals surface area (Å²) in [4.78, 5) is 2.57. The van der Waals surface area contributed by atoms with Crippen molar-refractivity contribution in [2.75, 3.05) is 19.6 Å². The maximum atomic E-state index is 2.57. The van der Waals surface area contributed by atoms with Crippen molar-refractivity contribution in [1.82, 2.24) is 4.90 Å². The zero-order valence-electron chi connectivity index (χ0n) is 8.68. The molecule has 0 spiro atoms. The molecule has 0 atom stereocenters. The van der Waals surface area contributed by atoms with Crippen molar-refractivity contribution in [2.24, 2.45) is 5.92 Å². The first kappa shape index (κ1) is 10.0. The number of rotatable bonds is 4. The molecule has 72 valence electrons. The smallest absolute Gasteiger partial charge is 0.00162 e. The van der Waals surface area contributed by atoms with Crippen LogP contribution in [0.2, 0.25) is 0 Å². The number of likely N-dealkylation sites (tertiary alicyclic amines) is 1. The summed E-state index contributed by atoms with van der Waals surface area (Å²) < 4.78 is 0. The van der Waals surface area contributed by atoms with Gasteiger partial charge in [-0.3, -0.25) is 0 Å². The summed E-state index contributed by atoms with van der Waals surface area (Å²) in [5, 5.41) is 0. The van der Waals surface area contributed by atoms with Crippen molar-refractivity contribution in [3.63, 3.8) is 0 Å². The standard InChI is InChI=1S/C11H23N/c1-3-5-6-11-7-9-12(4-2)10-8-11/h11H,3-10H2,1-2H3. The molecule has 1 nitrogen and oxygen atoms in total. The number of nitrogens with zero attached hydrogens (tertiary/aromatic N) is 1. The van der Waals surface area contributed by atoms with Crippen molar-refractivity contribution in [1.29, 1.82) is 0 Å². The Balaban J connectivity index is 2.09. The minimum absolute atomic E-state index is 1.05. The first-order valence-corrected chi connectivity index (χ1v) is 5.59. The number of piperidine rings is 1. The predicted octanol–water partition coefficient (Wildman–Crippen LogP) is 2.91. The lowest BCUT2D eigenvalue weighted by Gasteiger charge is -2.30. The molecule has 1 aliphatic heterocycles. The van der Waals surface area contributed by atoms with E-state index in [9.17, 15) is 0 Å². The van der Waals surface area contributed by atoms with E-state index < -0.39 is 0 Å². The van der Waals surface area contributed by atoms with Crippen molar-refractivity contribution in [3.8, 4) is 0 Å². The summed E-state index contributed by atoms with van der Waals surface area (Å²) in [7, 11) is 0. The molecule has 0 N–H and O–H groups in total. The van der Waals surface area contributed by atoms with Gasteiger partial charge in [-0.15, -0.1) is 0 Å². The zero-order valence-corrected chi connectivity index (χ0v) is 8.68. The fourth-order valence-corrected chi connectivity index (χ4v) is 2.08. The van der Waals surface area contributed by atoms with E-state index in [1.165, 1.54) is 51.7 Å². The molecule has 0 saturated carbocycles. The molecule has 1 fully saturated rings. The molecule has 1 rings (SSSR count). The van der Waals surface area contributed by atoms with Gasteiger partial charge in [0.05, 0.1) is 0 Å². The molecule has 0 unspecified atom stereocenters. The fraction of sp³-hybridized carbons (Fsp3) is 1.00. The van der Waals surface area contributed by atoms with Crippen LogP contribution in [0.3, 0.4) is 0 Å². The summed E-state index contributed by atoms with van der Waals surface area (Å²) in [5.74, 6) is 1.05. The van der Waals surface area contributed by atoms with Crippen LogP contribution in [0, 0.1) is 5.92 Å². The Kier molecular flexibility index (Phi) is 4.67. The average molecular weight is 169 g/mol. The van der Waals surface area contributed by atoms with Crippen LogP contribution in [-0.4, -0.2) is 24.5 Å². The van der Waals surface area contributed by atoms with Crippen molar-refractivity contribution in [2.45, 2.75) is 46.0 Å². The molecule has 1 aliphatic rings. The third-order valence-corrected chi connectivity index (χ3v) is 3.12. The largest absolute Gasteiger partial charge is 0.304 e. The maximum Gasteiger partial charge on any atom is -0.00162 e. The minimum Gasteiger partial charge on any atom is -0.304 e. The highest BCUT2D eigenvalue weighted by atomic mass is 15.1. The first-order valence-electron chi connectivity index (χ1n) is 5.59.